The summed E-state index contributed by atoms with van der Waals surface area (Å²) >= 11 is 0. The number of carbonyl (C=O) groups excluding carboxylic acids is 3. The van der Waals surface area contributed by atoms with Gasteiger partial charge in [-0.1, -0.05) is 62.6 Å². The van der Waals surface area contributed by atoms with Crippen molar-refractivity contribution in [3.05, 3.63) is 71.8 Å². The second-order valence-electron chi connectivity index (χ2n) is 10.9. The molecule has 2 aliphatic rings. The Balaban J connectivity index is 1.30. The third-order valence-corrected chi connectivity index (χ3v) is 8.25. The van der Waals surface area contributed by atoms with Gasteiger partial charge in [0.1, 0.15) is 11.8 Å². The number of hydrogen-bond acceptors (Lipinski definition) is 4. The number of nitrogens with zero attached hydrogens (tertiary/aromatic N) is 2. The molecule has 5 rings (SSSR count). The number of benzene rings is 3. The number of hydrogen-bond donors (Lipinski definition) is 1. The molecule has 0 aromatic heterocycles. The zero-order chi connectivity index (χ0) is 28.1. The molecule has 0 radical (unpaired) electrons. The van der Waals surface area contributed by atoms with Crippen molar-refractivity contribution >= 4 is 34.2 Å². The molecule has 0 saturated heterocycles. The molecule has 40 heavy (non-hydrogen) atoms. The van der Waals surface area contributed by atoms with E-state index in [1.165, 1.54) is 6.42 Å². The zero-order valence-corrected chi connectivity index (χ0v) is 23.5. The Morgan fingerprint density at radius 2 is 1.80 bits per heavy atom. The predicted molar refractivity (Wildman–Crippen MR) is 157 cm³/mol. The van der Waals surface area contributed by atoms with Crippen LogP contribution in [0.25, 0.3) is 10.8 Å². The van der Waals surface area contributed by atoms with Gasteiger partial charge in [0.25, 0.3) is 5.91 Å². The summed E-state index contributed by atoms with van der Waals surface area (Å²) in [5.74, 6) is 0.523. The lowest BCUT2D eigenvalue weighted by Crippen LogP contribution is -2.51. The largest absolute Gasteiger partial charge is 0.497 e. The van der Waals surface area contributed by atoms with Crippen molar-refractivity contribution in [2.75, 3.05) is 18.6 Å². The average molecular weight is 542 g/mol. The highest BCUT2D eigenvalue weighted by atomic mass is 16.5. The molecular weight excluding hydrogens is 502 g/mol. The molecule has 7 nitrogen and oxygen atoms in total. The van der Waals surface area contributed by atoms with E-state index in [0.29, 0.717) is 37.2 Å². The van der Waals surface area contributed by atoms with Crippen LogP contribution in [0.2, 0.25) is 0 Å². The summed E-state index contributed by atoms with van der Waals surface area (Å²) in [7, 11) is 1.62. The van der Waals surface area contributed by atoms with Gasteiger partial charge >= 0.3 is 0 Å². The van der Waals surface area contributed by atoms with E-state index in [9.17, 15) is 14.4 Å². The van der Waals surface area contributed by atoms with Crippen LogP contribution in [0, 0.1) is 0 Å². The van der Waals surface area contributed by atoms with E-state index in [-0.39, 0.29) is 30.2 Å². The van der Waals surface area contributed by atoms with Gasteiger partial charge in [0.15, 0.2) is 0 Å². The molecule has 1 fully saturated rings. The molecule has 1 aliphatic heterocycles. The van der Waals surface area contributed by atoms with Crippen LogP contribution < -0.4 is 15.0 Å². The van der Waals surface area contributed by atoms with Gasteiger partial charge in [0.2, 0.25) is 11.8 Å². The summed E-state index contributed by atoms with van der Waals surface area (Å²) < 4.78 is 5.39. The van der Waals surface area contributed by atoms with E-state index >= 15 is 0 Å². The van der Waals surface area contributed by atoms with E-state index in [1.54, 1.807) is 16.9 Å². The van der Waals surface area contributed by atoms with E-state index < -0.39 is 6.04 Å². The van der Waals surface area contributed by atoms with Crippen molar-refractivity contribution in [3.8, 4) is 5.75 Å². The first-order valence-corrected chi connectivity index (χ1v) is 14.6. The minimum Gasteiger partial charge on any atom is -0.497 e. The first-order valence-electron chi connectivity index (χ1n) is 14.6. The second kappa shape index (κ2) is 12.5. The number of rotatable bonds is 11. The van der Waals surface area contributed by atoms with Crippen molar-refractivity contribution in [2.45, 2.75) is 76.9 Å². The second-order valence-corrected chi connectivity index (χ2v) is 10.9. The van der Waals surface area contributed by atoms with Gasteiger partial charge in [-0.25, -0.2) is 0 Å². The summed E-state index contributed by atoms with van der Waals surface area (Å²) in [4.78, 5) is 43.9. The van der Waals surface area contributed by atoms with Gasteiger partial charge in [0, 0.05) is 36.5 Å². The zero-order valence-electron chi connectivity index (χ0n) is 23.5. The molecule has 210 valence electrons. The number of methoxy groups -OCH3 is 1. The molecule has 3 amide bonds. The van der Waals surface area contributed by atoms with Gasteiger partial charge < -0.3 is 19.9 Å². The molecule has 0 spiro atoms. The molecule has 0 unspecified atom stereocenters. The highest BCUT2D eigenvalue weighted by Gasteiger charge is 2.32. The summed E-state index contributed by atoms with van der Waals surface area (Å²) in [6.45, 7) is 2.72. The molecular formula is C33H39N3O4. The highest BCUT2D eigenvalue weighted by Crippen LogP contribution is 2.37. The Morgan fingerprint density at radius 3 is 2.55 bits per heavy atom. The fourth-order valence-corrected chi connectivity index (χ4v) is 6.16. The van der Waals surface area contributed by atoms with Crippen molar-refractivity contribution in [1.29, 1.82) is 0 Å². The quantitative estimate of drug-likeness (QED) is 0.331. The number of nitrogens with one attached hydrogen (secondary N) is 1. The maximum Gasteiger partial charge on any atom is 0.258 e. The third-order valence-electron chi connectivity index (χ3n) is 8.25. The fourth-order valence-electron chi connectivity index (χ4n) is 6.16. The Hall–Kier alpha value is -3.87. The lowest BCUT2D eigenvalue weighted by atomic mass is 9.95. The summed E-state index contributed by atoms with van der Waals surface area (Å²) in [6.07, 6.45) is 6.72. The van der Waals surface area contributed by atoms with Crippen LogP contribution in [-0.4, -0.2) is 48.4 Å². The Bertz CT molecular complexity index is 1380. The SMILES string of the molecule is CC[C@@H](C(=O)NC1CCCCC1)N(Cc1cccc(OC)c1)C(=O)CCCN1C(=O)c2cccc3cccc1c23. The van der Waals surface area contributed by atoms with E-state index in [4.69, 9.17) is 4.74 Å². The van der Waals surface area contributed by atoms with E-state index in [0.717, 1.165) is 47.7 Å². The third kappa shape index (κ3) is 5.83. The summed E-state index contributed by atoms with van der Waals surface area (Å²) in [6, 6.07) is 19.0. The number of carbonyl (C=O) groups is 3. The first kappa shape index (κ1) is 27.7. The van der Waals surface area contributed by atoms with Gasteiger partial charge in [0.05, 0.1) is 12.8 Å². The van der Waals surface area contributed by atoms with Crippen LogP contribution in [0.15, 0.2) is 60.7 Å². The molecule has 1 heterocycles. The predicted octanol–water partition coefficient (Wildman–Crippen LogP) is 5.85. The topological polar surface area (TPSA) is 79.0 Å². The van der Waals surface area contributed by atoms with Crippen molar-refractivity contribution in [1.82, 2.24) is 10.2 Å². The van der Waals surface area contributed by atoms with Gasteiger partial charge in [-0.15, -0.1) is 0 Å². The number of ether oxygens (including phenoxy) is 1. The molecule has 1 atom stereocenters. The Kier molecular flexibility index (Phi) is 8.68. The normalized spacial score (nSPS) is 15.8. The Morgan fingerprint density at radius 1 is 1.05 bits per heavy atom. The monoisotopic (exact) mass is 541 g/mol. The molecule has 1 aliphatic carbocycles. The van der Waals surface area contributed by atoms with Crippen LogP contribution >= 0.6 is 0 Å². The van der Waals surface area contributed by atoms with Crippen molar-refractivity contribution in [2.24, 2.45) is 0 Å². The van der Waals surface area contributed by atoms with Crippen LogP contribution in [0.3, 0.4) is 0 Å². The maximum atomic E-state index is 13.8. The maximum absolute atomic E-state index is 13.8. The van der Waals surface area contributed by atoms with Gasteiger partial charge in [-0.3, -0.25) is 14.4 Å². The molecule has 0 bridgehead atoms. The summed E-state index contributed by atoms with van der Waals surface area (Å²) in [5.41, 5.74) is 2.52. The lowest BCUT2D eigenvalue weighted by molar-refractivity contribution is -0.141. The molecule has 7 heteroatoms. The van der Waals surface area contributed by atoms with E-state index in [2.05, 4.69) is 5.32 Å². The van der Waals surface area contributed by atoms with Crippen molar-refractivity contribution < 1.29 is 19.1 Å². The molecule has 3 aromatic carbocycles. The van der Waals surface area contributed by atoms with Crippen LogP contribution in [0.4, 0.5) is 5.69 Å². The molecule has 1 N–H and O–H groups in total. The van der Waals surface area contributed by atoms with Gasteiger partial charge in [-0.2, -0.15) is 0 Å². The van der Waals surface area contributed by atoms with Crippen LogP contribution in [0.5, 0.6) is 5.75 Å². The highest BCUT2D eigenvalue weighted by molar-refractivity contribution is 6.25. The average Bonchev–Trinajstić information content (AvgIpc) is 3.25. The summed E-state index contributed by atoms with van der Waals surface area (Å²) in [5, 5.41) is 5.25. The van der Waals surface area contributed by atoms with Crippen LogP contribution in [0.1, 0.15) is 74.2 Å². The van der Waals surface area contributed by atoms with E-state index in [1.807, 2.05) is 67.6 Å². The lowest BCUT2D eigenvalue weighted by Gasteiger charge is -2.33. The fraction of sp³-hybridized carbons (Fsp3) is 0.424. The van der Waals surface area contributed by atoms with Crippen molar-refractivity contribution in [3.63, 3.8) is 0 Å². The molecule has 1 saturated carbocycles. The molecule has 3 aromatic rings. The number of anilines is 1. The minimum atomic E-state index is -0.563. The Labute approximate surface area is 236 Å². The van der Waals surface area contributed by atoms with Crippen LogP contribution in [-0.2, 0) is 16.1 Å². The standard InChI is InChI=1S/C33H39N3O4/c1-3-28(32(38)34-25-14-5-4-6-15-25)36(22-23-11-7-16-26(21-23)40-2)30(37)19-10-20-35-29-18-9-13-24-12-8-17-27(31(24)29)33(35)39/h7-9,11-13,16-18,21,25,28H,3-6,10,14-15,19-20,22H2,1-2H3,(H,34,38)/t28-/m0/s1. The minimum absolute atomic E-state index is 0.0224. The smallest absolute Gasteiger partial charge is 0.258 e. The number of amides is 3. The first-order chi connectivity index (χ1) is 19.5. The van der Waals surface area contributed by atoms with Gasteiger partial charge in [-0.05, 0) is 60.9 Å².